The fourth-order valence-corrected chi connectivity index (χ4v) is 4.03. The van der Waals surface area contributed by atoms with E-state index in [0.29, 0.717) is 12.2 Å². The molecule has 0 bridgehead atoms. The molecule has 1 aliphatic rings. The van der Waals surface area contributed by atoms with Gasteiger partial charge in [-0.3, -0.25) is 9.89 Å². The highest BCUT2D eigenvalue weighted by atomic mass is 16.7. The quantitative estimate of drug-likeness (QED) is 0.194. The second-order valence-corrected chi connectivity index (χ2v) is 10.4. The molecule has 0 aliphatic carbocycles. The van der Waals surface area contributed by atoms with Crippen LogP contribution >= 0.6 is 0 Å². The van der Waals surface area contributed by atoms with Gasteiger partial charge in [0.15, 0.2) is 0 Å². The molecule has 1 amide bonds. The van der Waals surface area contributed by atoms with Crippen molar-refractivity contribution in [1.82, 2.24) is 15.5 Å². The van der Waals surface area contributed by atoms with Gasteiger partial charge >= 0.3 is 0 Å². The standard InChI is InChI=1S/C26H39N3O9/c1-14(2)20-17(24(29-28-20)38-25-23(35)22(34)21(33)18(12-30)37-25)11-15-5-7-16(8-6-15)36-10-9-19(32)27-26(3,4)13-31/h5-8,14,18,21-23,25,30-31,33-35H,9-13H2,1-4H3,(H,27,32)(H,28,29)/t18-,21-,22+,23-,25+/m1/s1. The first-order valence-corrected chi connectivity index (χ1v) is 12.6. The van der Waals surface area contributed by atoms with E-state index >= 15 is 0 Å². The summed E-state index contributed by atoms with van der Waals surface area (Å²) >= 11 is 0. The fourth-order valence-electron chi connectivity index (χ4n) is 4.03. The van der Waals surface area contributed by atoms with Gasteiger partial charge in [0, 0.05) is 17.7 Å². The van der Waals surface area contributed by atoms with Crippen molar-refractivity contribution >= 4 is 5.91 Å². The number of aliphatic hydroxyl groups excluding tert-OH is 5. The Kier molecular flexibility index (Phi) is 10.1. The average Bonchev–Trinajstić information content (AvgIpc) is 3.27. The van der Waals surface area contributed by atoms with Gasteiger partial charge in [0.25, 0.3) is 0 Å². The van der Waals surface area contributed by atoms with Crippen molar-refractivity contribution in [2.45, 2.75) is 82.7 Å². The van der Waals surface area contributed by atoms with E-state index in [9.17, 15) is 30.3 Å². The lowest BCUT2D eigenvalue weighted by Crippen LogP contribution is -2.60. The highest BCUT2D eigenvalue weighted by Gasteiger charge is 2.45. The van der Waals surface area contributed by atoms with Crippen LogP contribution < -0.4 is 14.8 Å². The number of ether oxygens (including phenoxy) is 3. The molecule has 1 aliphatic heterocycles. The van der Waals surface area contributed by atoms with E-state index in [4.69, 9.17) is 14.2 Å². The van der Waals surface area contributed by atoms with Crippen LogP contribution in [0.25, 0.3) is 0 Å². The Hall–Kier alpha value is -2.74. The van der Waals surface area contributed by atoms with Crippen LogP contribution in [-0.2, 0) is 16.0 Å². The minimum absolute atomic E-state index is 0.0780. The number of nitrogens with one attached hydrogen (secondary N) is 2. The third kappa shape index (κ3) is 7.43. The first-order chi connectivity index (χ1) is 18.0. The first kappa shape index (κ1) is 29.8. The number of hydrogen-bond donors (Lipinski definition) is 7. The topological polar surface area (TPSA) is 187 Å². The Bertz CT molecular complexity index is 1040. The third-order valence-electron chi connectivity index (χ3n) is 6.29. The van der Waals surface area contributed by atoms with Gasteiger partial charge in [-0.2, -0.15) is 0 Å². The van der Waals surface area contributed by atoms with Gasteiger partial charge in [-0.15, -0.1) is 5.10 Å². The van der Waals surface area contributed by atoms with Crippen molar-refractivity contribution in [2.75, 3.05) is 19.8 Å². The molecule has 38 heavy (non-hydrogen) atoms. The molecular weight excluding hydrogens is 498 g/mol. The third-order valence-corrected chi connectivity index (χ3v) is 6.29. The SMILES string of the molecule is CC(C)c1[nH]nc(O[C@@H]2O[C@H](CO)[C@@H](O)[C@H](O)[C@H]2O)c1Cc1ccc(OCCC(=O)NC(C)(C)CO)cc1. The molecule has 2 heterocycles. The summed E-state index contributed by atoms with van der Waals surface area (Å²) in [7, 11) is 0. The van der Waals surface area contributed by atoms with Crippen molar-refractivity contribution in [2.24, 2.45) is 0 Å². The van der Waals surface area contributed by atoms with E-state index in [1.165, 1.54) is 0 Å². The zero-order chi connectivity index (χ0) is 28.0. The molecule has 5 atom stereocenters. The zero-order valence-electron chi connectivity index (χ0n) is 22.1. The molecule has 1 aromatic heterocycles. The number of H-pyrrole nitrogens is 1. The van der Waals surface area contributed by atoms with E-state index in [2.05, 4.69) is 15.5 Å². The lowest BCUT2D eigenvalue weighted by Gasteiger charge is -2.39. The average molecular weight is 538 g/mol. The van der Waals surface area contributed by atoms with Crippen LogP contribution in [0.4, 0.5) is 0 Å². The Labute approximate surface area is 221 Å². The van der Waals surface area contributed by atoms with Gasteiger partial charge < -0.3 is 45.1 Å². The molecule has 1 aromatic carbocycles. The summed E-state index contributed by atoms with van der Waals surface area (Å²) < 4.78 is 17.0. The van der Waals surface area contributed by atoms with Crippen LogP contribution in [0.15, 0.2) is 24.3 Å². The van der Waals surface area contributed by atoms with Gasteiger partial charge in [-0.1, -0.05) is 26.0 Å². The summed E-state index contributed by atoms with van der Waals surface area (Å²) in [4.78, 5) is 12.0. The Morgan fingerprint density at radius 1 is 1.13 bits per heavy atom. The Balaban J connectivity index is 1.65. The van der Waals surface area contributed by atoms with Crippen molar-refractivity contribution < 1.29 is 44.5 Å². The summed E-state index contributed by atoms with van der Waals surface area (Å²) in [5, 5.41) is 59.1. The van der Waals surface area contributed by atoms with Gasteiger partial charge in [-0.25, -0.2) is 0 Å². The molecule has 12 nitrogen and oxygen atoms in total. The number of aliphatic hydroxyl groups is 5. The van der Waals surface area contributed by atoms with Gasteiger partial charge in [0.1, 0.15) is 30.2 Å². The summed E-state index contributed by atoms with van der Waals surface area (Å²) in [6, 6.07) is 7.33. The first-order valence-electron chi connectivity index (χ1n) is 12.6. The second-order valence-electron chi connectivity index (χ2n) is 10.4. The molecular formula is C26H39N3O9. The van der Waals surface area contributed by atoms with Gasteiger partial charge in [0.05, 0.1) is 31.8 Å². The molecule has 0 unspecified atom stereocenters. The number of hydrogen-bond acceptors (Lipinski definition) is 10. The Morgan fingerprint density at radius 3 is 2.42 bits per heavy atom. The van der Waals surface area contributed by atoms with Crippen LogP contribution in [0.2, 0.25) is 0 Å². The number of nitrogens with zero attached hydrogens (tertiary/aromatic N) is 1. The van der Waals surface area contributed by atoms with Crippen molar-refractivity contribution in [3.8, 4) is 11.6 Å². The maximum absolute atomic E-state index is 12.0. The Morgan fingerprint density at radius 2 is 1.82 bits per heavy atom. The number of aromatic nitrogens is 2. The van der Waals surface area contributed by atoms with Crippen molar-refractivity contribution in [1.29, 1.82) is 0 Å². The maximum atomic E-state index is 12.0. The number of benzene rings is 1. The summed E-state index contributed by atoms with van der Waals surface area (Å²) in [6.07, 6.45) is -6.45. The second kappa shape index (κ2) is 12.9. The van der Waals surface area contributed by atoms with E-state index in [0.717, 1.165) is 16.8 Å². The fraction of sp³-hybridized carbons (Fsp3) is 0.615. The predicted molar refractivity (Wildman–Crippen MR) is 136 cm³/mol. The molecule has 1 fully saturated rings. The molecule has 12 heteroatoms. The molecule has 2 aromatic rings. The summed E-state index contributed by atoms with van der Waals surface area (Å²) in [5.41, 5.74) is 1.78. The monoisotopic (exact) mass is 537 g/mol. The number of carbonyl (C=O) groups is 1. The van der Waals surface area contributed by atoms with Crippen molar-refractivity contribution in [3.63, 3.8) is 0 Å². The van der Waals surface area contributed by atoms with Gasteiger partial charge in [0.2, 0.25) is 18.1 Å². The number of aromatic amines is 1. The highest BCUT2D eigenvalue weighted by Crippen LogP contribution is 2.31. The van der Waals surface area contributed by atoms with Crippen LogP contribution in [0.1, 0.15) is 56.9 Å². The van der Waals surface area contributed by atoms with Gasteiger partial charge in [-0.05, 0) is 37.5 Å². The van der Waals surface area contributed by atoms with E-state index < -0.39 is 42.9 Å². The van der Waals surface area contributed by atoms with E-state index in [1.807, 2.05) is 26.0 Å². The summed E-state index contributed by atoms with van der Waals surface area (Å²) in [5.74, 6) is 0.634. The predicted octanol–water partition coefficient (Wildman–Crippen LogP) is -0.0414. The van der Waals surface area contributed by atoms with E-state index in [1.54, 1.807) is 26.0 Å². The molecule has 0 saturated carbocycles. The zero-order valence-corrected chi connectivity index (χ0v) is 22.1. The number of amides is 1. The number of carbonyl (C=O) groups excluding carboxylic acids is 1. The lowest BCUT2D eigenvalue weighted by atomic mass is 9.98. The van der Waals surface area contributed by atoms with Crippen LogP contribution in [-0.4, -0.2) is 97.7 Å². The van der Waals surface area contributed by atoms with Crippen LogP contribution in [0, 0.1) is 0 Å². The minimum atomic E-state index is -1.56. The van der Waals surface area contributed by atoms with Crippen LogP contribution in [0.5, 0.6) is 11.6 Å². The maximum Gasteiger partial charge on any atom is 0.238 e. The normalized spacial score (nSPS) is 23.9. The highest BCUT2D eigenvalue weighted by molar-refractivity contribution is 5.76. The molecule has 0 spiro atoms. The minimum Gasteiger partial charge on any atom is -0.493 e. The smallest absolute Gasteiger partial charge is 0.238 e. The molecule has 7 N–H and O–H groups in total. The molecule has 212 valence electrons. The molecule has 0 radical (unpaired) electrons. The van der Waals surface area contributed by atoms with Crippen molar-refractivity contribution in [3.05, 3.63) is 41.1 Å². The largest absolute Gasteiger partial charge is 0.493 e. The number of rotatable bonds is 12. The summed E-state index contributed by atoms with van der Waals surface area (Å²) in [6.45, 7) is 6.90. The molecule has 3 rings (SSSR count). The van der Waals surface area contributed by atoms with Crippen LogP contribution in [0.3, 0.4) is 0 Å². The molecule has 1 saturated heterocycles. The lowest BCUT2D eigenvalue weighted by molar-refractivity contribution is -0.278. The van der Waals surface area contributed by atoms with E-state index in [-0.39, 0.29) is 37.3 Å².